The van der Waals surface area contributed by atoms with Gasteiger partial charge >= 0.3 is 0 Å². The summed E-state index contributed by atoms with van der Waals surface area (Å²) in [6, 6.07) is 4.14. The van der Waals surface area contributed by atoms with Gasteiger partial charge in [-0.1, -0.05) is 19.1 Å². The Bertz CT molecular complexity index is 273. The molecular formula is C9H11F2N. The number of nitrogens with two attached hydrogens (primary N) is 1. The van der Waals surface area contributed by atoms with Gasteiger partial charge < -0.3 is 5.73 Å². The van der Waals surface area contributed by atoms with E-state index in [1.165, 1.54) is 6.07 Å². The van der Waals surface area contributed by atoms with Gasteiger partial charge in [-0.05, 0) is 24.1 Å². The van der Waals surface area contributed by atoms with Crippen molar-refractivity contribution >= 4 is 0 Å². The van der Waals surface area contributed by atoms with Crippen LogP contribution in [0.15, 0.2) is 18.2 Å². The molecule has 1 atom stereocenters. The standard InChI is InChI=1S/C9H11F2N/c1-6(5-12)7-3-2-4-8(10)9(7)11/h2-4,6H,5,12H2,1H3. The highest BCUT2D eigenvalue weighted by atomic mass is 19.2. The predicted molar refractivity (Wildman–Crippen MR) is 43.8 cm³/mol. The highest BCUT2D eigenvalue weighted by Gasteiger charge is 2.11. The van der Waals surface area contributed by atoms with Gasteiger partial charge in [-0.2, -0.15) is 0 Å². The van der Waals surface area contributed by atoms with Crippen molar-refractivity contribution in [2.75, 3.05) is 6.54 Å². The van der Waals surface area contributed by atoms with Gasteiger partial charge in [0.05, 0.1) is 0 Å². The highest BCUT2D eigenvalue weighted by molar-refractivity contribution is 5.22. The molecule has 0 aliphatic rings. The quantitative estimate of drug-likeness (QED) is 0.723. The maximum atomic E-state index is 13.0. The minimum atomic E-state index is -0.812. The van der Waals surface area contributed by atoms with Crippen LogP contribution in [-0.2, 0) is 0 Å². The zero-order valence-corrected chi connectivity index (χ0v) is 6.85. The minimum Gasteiger partial charge on any atom is -0.330 e. The van der Waals surface area contributed by atoms with Gasteiger partial charge in [-0.25, -0.2) is 8.78 Å². The van der Waals surface area contributed by atoms with Gasteiger partial charge in [0.15, 0.2) is 11.6 Å². The van der Waals surface area contributed by atoms with Gasteiger partial charge in [0.2, 0.25) is 0 Å². The van der Waals surface area contributed by atoms with E-state index in [0.717, 1.165) is 6.07 Å². The van der Waals surface area contributed by atoms with E-state index in [1.54, 1.807) is 13.0 Å². The number of hydrogen-bond donors (Lipinski definition) is 1. The molecule has 2 N–H and O–H groups in total. The monoisotopic (exact) mass is 171 g/mol. The Kier molecular flexibility index (Phi) is 2.76. The predicted octanol–water partition coefficient (Wildman–Crippen LogP) is 2.03. The lowest BCUT2D eigenvalue weighted by molar-refractivity contribution is 0.491. The van der Waals surface area contributed by atoms with Crippen LogP contribution in [0, 0.1) is 11.6 Å². The van der Waals surface area contributed by atoms with E-state index in [-0.39, 0.29) is 5.92 Å². The molecule has 0 aromatic heterocycles. The Morgan fingerprint density at radius 3 is 2.67 bits per heavy atom. The largest absolute Gasteiger partial charge is 0.330 e. The first kappa shape index (κ1) is 9.13. The van der Waals surface area contributed by atoms with Crippen molar-refractivity contribution in [3.63, 3.8) is 0 Å². The van der Waals surface area contributed by atoms with Crippen LogP contribution < -0.4 is 5.73 Å². The Hall–Kier alpha value is -0.960. The number of halogens is 2. The van der Waals surface area contributed by atoms with Gasteiger partial charge in [-0.15, -0.1) is 0 Å². The number of rotatable bonds is 2. The summed E-state index contributed by atoms with van der Waals surface area (Å²) in [4.78, 5) is 0. The van der Waals surface area contributed by atoms with E-state index >= 15 is 0 Å². The topological polar surface area (TPSA) is 26.0 Å². The number of hydrogen-bond acceptors (Lipinski definition) is 1. The molecule has 3 heteroatoms. The summed E-state index contributed by atoms with van der Waals surface area (Å²) in [6.07, 6.45) is 0. The number of benzene rings is 1. The fourth-order valence-corrected chi connectivity index (χ4v) is 1.03. The Morgan fingerprint density at radius 1 is 1.42 bits per heavy atom. The minimum absolute atomic E-state index is 0.138. The average Bonchev–Trinajstić information content (AvgIpc) is 2.08. The third kappa shape index (κ3) is 1.61. The second kappa shape index (κ2) is 3.63. The third-order valence-corrected chi connectivity index (χ3v) is 1.87. The zero-order valence-electron chi connectivity index (χ0n) is 6.85. The lowest BCUT2D eigenvalue weighted by atomic mass is 10.0. The van der Waals surface area contributed by atoms with Crippen LogP contribution >= 0.6 is 0 Å². The fraction of sp³-hybridized carbons (Fsp3) is 0.333. The summed E-state index contributed by atoms with van der Waals surface area (Å²) in [7, 11) is 0. The summed E-state index contributed by atoms with van der Waals surface area (Å²) in [6.45, 7) is 2.08. The lowest BCUT2D eigenvalue weighted by Crippen LogP contribution is -2.11. The molecule has 0 aliphatic carbocycles. The Balaban J connectivity index is 3.07. The average molecular weight is 171 g/mol. The summed E-state index contributed by atoms with van der Waals surface area (Å²) in [5.74, 6) is -1.73. The smallest absolute Gasteiger partial charge is 0.162 e. The van der Waals surface area contributed by atoms with Crippen molar-refractivity contribution in [2.45, 2.75) is 12.8 Å². The van der Waals surface area contributed by atoms with Gasteiger partial charge in [-0.3, -0.25) is 0 Å². The van der Waals surface area contributed by atoms with Crippen LogP contribution in [0.5, 0.6) is 0 Å². The van der Waals surface area contributed by atoms with Gasteiger partial charge in [0.1, 0.15) is 0 Å². The maximum absolute atomic E-state index is 13.0. The molecular weight excluding hydrogens is 160 g/mol. The summed E-state index contributed by atoms with van der Waals surface area (Å²) in [5, 5.41) is 0. The molecule has 0 radical (unpaired) electrons. The Morgan fingerprint density at radius 2 is 2.08 bits per heavy atom. The summed E-state index contributed by atoms with van der Waals surface area (Å²) in [5.41, 5.74) is 5.68. The van der Waals surface area contributed by atoms with E-state index < -0.39 is 11.6 Å². The van der Waals surface area contributed by atoms with E-state index in [0.29, 0.717) is 12.1 Å². The molecule has 0 aliphatic heterocycles. The summed E-state index contributed by atoms with van der Waals surface area (Å²) >= 11 is 0. The second-order valence-electron chi connectivity index (χ2n) is 2.78. The van der Waals surface area contributed by atoms with Gasteiger partial charge in [0, 0.05) is 0 Å². The molecule has 0 heterocycles. The molecule has 0 amide bonds. The van der Waals surface area contributed by atoms with Crippen molar-refractivity contribution in [1.82, 2.24) is 0 Å². The normalized spacial score (nSPS) is 13.0. The van der Waals surface area contributed by atoms with Crippen LogP contribution in [0.4, 0.5) is 8.78 Å². The van der Waals surface area contributed by atoms with E-state index in [4.69, 9.17) is 5.73 Å². The first-order valence-corrected chi connectivity index (χ1v) is 3.80. The van der Waals surface area contributed by atoms with Crippen LogP contribution in [0.25, 0.3) is 0 Å². The second-order valence-corrected chi connectivity index (χ2v) is 2.78. The highest BCUT2D eigenvalue weighted by Crippen LogP contribution is 2.19. The molecule has 0 bridgehead atoms. The Labute approximate surface area is 70.2 Å². The molecule has 1 rings (SSSR count). The van der Waals surface area contributed by atoms with Crippen LogP contribution in [-0.4, -0.2) is 6.54 Å². The van der Waals surface area contributed by atoms with Crippen LogP contribution in [0.1, 0.15) is 18.4 Å². The molecule has 0 spiro atoms. The molecule has 0 saturated heterocycles. The van der Waals surface area contributed by atoms with E-state index in [2.05, 4.69) is 0 Å². The molecule has 66 valence electrons. The SMILES string of the molecule is CC(CN)c1cccc(F)c1F. The first-order chi connectivity index (χ1) is 5.66. The lowest BCUT2D eigenvalue weighted by Gasteiger charge is -2.09. The summed E-state index contributed by atoms with van der Waals surface area (Å²) < 4.78 is 25.7. The molecule has 12 heavy (non-hydrogen) atoms. The zero-order chi connectivity index (χ0) is 9.14. The molecule has 0 fully saturated rings. The van der Waals surface area contributed by atoms with Crippen LogP contribution in [0.3, 0.4) is 0 Å². The fourth-order valence-electron chi connectivity index (χ4n) is 1.03. The molecule has 1 unspecified atom stereocenters. The van der Waals surface area contributed by atoms with E-state index in [1.807, 2.05) is 0 Å². The third-order valence-electron chi connectivity index (χ3n) is 1.87. The van der Waals surface area contributed by atoms with Crippen LogP contribution in [0.2, 0.25) is 0 Å². The van der Waals surface area contributed by atoms with Crippen molar-refractivity contribution in [3.8, 4) is 0 Å². The van der Waals surface area contributed by atoms with Crippen molar-refractivity contribution < 1.29 is 8.78 Å². The molecule has 0 saturated carbocycles. The van der Waals surface area contributed by atoms with Gasteiger partial charge in [0.25, 0.3) is 0 Å². The molecule has 1 aromatic rings. The first-order valence-electron chi connectivity index (χ1n) is 3.80. The van der Waals surface area contributed by atoms with E-state index in [9.17, 15) is 8.78 Å². The van der Waals surface area contributed by atoms with Crippen molar-refractivity contribution in [1.29, 1.82) is 0 Å². The van der Waals surface area contributed by atoms with Crippen molar-refractivity contribution in [3.05, 3.63) is 35.4 Å². The molecule has 1 aromatic carbocycles. The maximum Gasteiger partial charge on any atom is 0.162 e. The van der Waals surface area contributed by atoms with Crippen molar-refractivity contribution in [2.24, 2.45) is 5.73 Å². The molecule has 1 nitrogen and oxygen atoms in total.